The molecule has 1 aliphatic rings. The lowest BCUT2D eigenvalue weighted by molar-refractivity contribution is 0.0888. The summed E-state index contributed by atoms with van der Waals surface area (Å²) in [6.07, 6.45) is -6.17. The van der Waals surface area contributed by atoms with E-state index in [-0.39, 0.29) is 40.3 Å². The molecule has 4 nitrogen and oxygen atoms in total. The van der Waals surface area contributed by atoms with E-state index in [2.05, 4.69) is 4.98 Å². The van der Waals surface area contributed by atoms with Crippen LogP contribution in [0.25, 0.3) is 10.9 Å². The molecule has 4 heteroatoms. The molecule has 0 bridgehead atoms. The number of Topliss-reactive ketones (excluding diaryl/α,β-unsaturated/α-hetero) is 1. The predicted molar refractivity (Wildman–Crippen MR) is 86.0 cm³/mol. The summed E-state index contributed by atoms with van der Waals surface area (Å²) in [5, 5.41) is -0.155. The largest absolute Gasteiger partial charge is 0.347 e. The second-order valence-corrected chi connectivity index (χ2v) is 5.19. The van der Waals surface area contributed by atoms with E-state index in [9.17, 15) is 4.79 Å². The highest BCUT2D eigenvalue weighted by Gasteiger charge is 2.32. The van der Waals surface area contributed by atoms with Gasteiger partial charge in [-0.3, -0.25) is 4.79 Å². The first-order valence-electron chi connectivity index (χ1n) is 11.8. The third-order valence-electron chi connectivity index (χ3n) is 3.91. The predicted octanol–water partition coefficient (Wildman–Crippen LogP) is 3.13. The maximum atomic E-state index is 13.6. The number of para-hydroxylation sites is 1. The van der Waals surface area contributed by atoms with Crippen molar-refractivity contribution in [3.63, 3.8) is 0 Å². The van der Waals surface area contributed by atoms with Crippen molar-refractivity contribution in [1.29, 1.82) is 0 Å². The van der Waals surface area contributed by atoms with Crippen LogP contribution in [0.15, 0.2) is 36.5 Å². The number of fused-ring (bicyclic) bond motifs is 3. The normalized spacial score (nSPS) is 29.0. The average Bonchev–Trinajstić information content (AvgIpc) is 3.14. The Balaban J connectivity index is 2.07. The Morgan fingerprint density at radius 1 is 1.45 bits per heavy atom. The van der Waals surface area contributed by atoms with Crippen LogP contribution in [0.2, 0.25) is 0 Å². The number of nitrogens with zero attached hydrogens (tertiary/aromatic N) is 3. The van der Waals surface area contributed by atoms with Gasteiger partial charge in [-0.05, 0) is 25.7 Å². The number of imidazole rings is 1. The number of rotatable bonds is 2. The van der Waals surface area contributed by atoms with E-state index in [1.165, 1.54) is 18.5 Å². The minimum absolute atomic E-state index is 0.0805. The maximum Gasteiger partial charge on any atom is 0.170 e. The van der Waals surface area contributed by atoms with Crippen LogP contribution in [-0.2, 0) is 20.0 Å². The molecule has 0 spiro atoms. The Bertz CT molecular complexity index is 1320. The van der Waals surface area contributed by atoms with Crippen molar-refractivity contribution in [3.05, 3.63) is 53.6 Å². The zero-order chi connectivity index (χ0) is 24.1. The van der Waals surface area contributed by atoms with Gasteiger partial charge in [0.05, 0.1) is 8.22 Å². The van der Waals surface area contributed by atoms with Gasteiger partial charge in [0.25, 0.3) is 0 Å². The van der Waals surface area contributed by atoms with Crippen LogP contribution in [-0.4, -0.2) is 19.9 Å². The molecule has 3 aromatic rings. The zero-order valence-electron chi connectivity index (χ0n) is 22.0. The molecule has 0 N–H and O–H groups in total. The molecule has 0 fully saturated rings. The van der Waals surface area contributed by atoms with Gasteiger partial charge in [-0.25, -0.2) is 4.98 Å². The minimum atomic E-state index is -2.75. The zero-order valence-corrected chi connectivity index (χ0v) is 12.0. The molecule has 22 heavy (non-hydrogen) atoms. The Morgan fingerprint density at radius 3 is 3.05 bits per heavy atom. The number of carbonyl (C=O) groups excluding carboxylic acids is 1. The number of carbonyl (C=O) groups is 1. The highest BCUT2D eigenvalue weighted by atomic mass is 16.1. The van der Waals surface area contributed by atoms with Crippen LogP contribution in [0.3, 0.4) is 0 Å². The molecule has 0 saturated heterocycles. The van der Waals surface area contributed by atoms with Gasteiger partial charge in [0.2, 0.25) is 0 Å². The van der Waals surface area contributed by atoms with E-state index < -0.39 is 55.2 Å². The second-order valence-electron chi connectivity index (χ2n) is 5.19. The van der Waals surface area contributed by atoms with E-state index in [1.807, 2.05) is 0 Å². The van der Waals surface area contributed by atoms with E-state index in [0.29, 0.717) is 0 Å². The fraction of sp³-hybridized carbons (Fsp3) is 0.333. The van der Waals surface area contributed by atoms with Crippen molar-refractivity contribution in [2.45, 2.75) is 26.2 Å². The first kappa shape index (κ1) is 6.41. The second kappa shape index (κ2) is 4.83. The van der Waals surface area contributed by atoms with E-state index in [1.54, 1.807) is 0 Å². The van der Waals surface area contributed by atoms with Crippen LogP contribution < -0.4 is 0 Å². The van der Waals surface area contributed by atoms with Gasteiger partial charge < -0.3 is 9.13 Å². The molecular formula is C18H19N3O. The molecule has 2 heterocycles. The lowest BCUT2D eigenvalue weighted by Gasteiger charge is -2.23. The monoisotopic (exact) mass is 303 g/mol. The molecule has 1 atom stereocenters. The third-order valence-corrected chi connectivity index (χ3v) is 3.91. The SMILES string of the molecule is [2H]c1nc(C)n(CC2C(=O)c3c(n(C)c4c([2H])c([2H])c([2H])c([2H])c34)C([2H])([2H])C2([2H])[2H])c1[2H]. The summed E-state index contributed by atoms with van der Waals surface area (Å²) in [5.74, 6) is -2.24. The number of aromatic nitrogens is 3. The first-order chi connectivity index (χ1) is 14.7. The van der Waals surface area contributed by atoms with Gasteiger partial charge in [-0.1, -0.05) is 18.1 Å². The number of ketones is 1. The van der Waals surface area contributed by atoms with E-state index >= 15 is 0 Å². The summed E-state index contributed by atoms with van der Waals surface area (Å²) < 4.78 is 84.8. The lowest BCUT2D eigenvalue weighted by atomic mass is 9.85. The summed E-state index contributed by atoms with van der Waals surface area (Å²) in [6.45, 7) is 1.05. The fourth-order valence-corrected chi connectivity index (χ4v) is 2.71. The summed E-state index contributed by atoms with van der Waals surface area (Å²) in [5.41, 5.74) is -0.710. The van der Waals surface area contributed by atoms with Gasteiger partial charge in [-0.2, -0.15) is 0 Å². The van der Waals surface area contributed by atoms with Crippen LogP contribution in [0.5, 0.6) is 0 Å². The van der Waals surface area contributed by atoms with Crippen molar-refractivity contribution < 1.29 is 18.5 Å². The molecule has 0 radical (unpaired) electrons. The van der Waals surface area contributed by atoms with E-state index in [4.69, 9.17) is 13.7 Å². The van der Waals surface area contributed by atoms with Gasteiger partial charge in [-0.15, -0.1) is 0 Å². The summed E-state index contributed by atoms with van der Waals surface area (Å²) in [6, 6.07) is -2.07. The highest BCUT2D eigenvalue weighted by Crippen LogP contribution is 2.34. The lowest BCUT2D eigenvalue weighted by Crippen LogP contribution is -2.27. The molecule has 1 unspecified atom stereocenters. The van der Waals surface area contributed by atoms with Crippen molar-refractivity contribution in [2.75, 3.05) is 0 Å². The van der Waals surface area contributed by atoms with Crippen LogP contribution in [0, 0.1) is 12.8 Å². The Morgan fingerprint density at radius 2 is 2.27 bits per heavy atom. The van der Waals surface area contributed by atoms with Gasteiger partial charge in [0.15, 0.2) is 5.78 Å². The van der Waals surface area contributed by atoms with Crippen molar-refractivity contribution in [2.24, 2.45) is 13.0 Å². The molecule has 0 saturated carbocycles. The summed E-state index contributed by atoms with van der Waals surface area (Å²) in [4.78, 5) is 17.5. The number of benzene rings is 1. The molecule has 2 aromatic heterocycles. The Kier molecular flexibility index (Phi) is 1.41. The molecule has 1 aliphatic carbocycles. The third kappa shape index (κ3) is 1.83. The van der Waals surface area contributed by atoms with Gasteiger partial charge >= 0.3 is 0 Å². The number of hydrogen-bond donors (Lipinski definition) is 0. The Hall–Kier alpha value is -2.36. The van der Waals surface area contributed by atoms with Crippen LogP contribution >= 0.6 is 0 Å². The van der Waals surface area contributed by atoms with Gasteiger partial charge in [0.1, 0.15) is 5.82 Å². The van der Waals surface area contributed by atoms with E-state index in [0.717, 1.165) is 4.57 Å². The fourth-order valence-electron chi connectivity index (χ4n) is 2.71. The average molecular weight is 303 g/mol. The molecule has 112 valence electrons. The highest BCUT2D eigenvalue weighted by molar-refractivity contribution is 6.11. The van der Waals surface area contributed by atoms with Gasteiger partial charge in [0, 0.05) is 59.5 Å². The van der Waals surface area contributed by atoms with Crippen molar-refractivity contribution in [3.8, 4) is 0 Å². The van der Waals surface area contributed by atoms with Crippen LogP contribution in [0.4, 0.5) is 0 Å². The molecule has 0 aliphatic heterocycles. The van der Waals surface area contributed by atoms with Crippen LogP contribution in [0.1, 0.15) is 42.0 Å². The summed E-state index contributed by atoms with van der Waals surface area (Å²) in [7, 11) is 1.34. The van der Waals surface area contributed by atoms with Crippen molar-refractivity contribution >= 4 is 16.7 Å². The maximum absolute atomic E-state index is 13.6. The quantitative estimate of drug-likeness (QED) is 0.729. The molecule has 4 rings (SSSR count). The standard InChI is InChI=1S/C18H19N3O/c1-12-19-9-10-21(12)11-13-7-8-16-17(18(13)22)14-5-3-4-6-15(14)20(16)2/h3-6,9-10,13H,7-8,11H2,1-2H3/i3D,4D,5D,6D,7D2,8D2,9D,10D. The minimum Gasteiger partial charge on any atom is -0.347 e. The molecule has 0 amide bonds. The number of aryl methyl sites for hydroxylation is 2. The summed E-state index contributed by atoms with van der Waals surface area (Å²) >= 11 is 0. The Labute approximate surface area is 143 Å². The molecule has 1 aromatic carbocycles. The molecular weight excluding hydrogens is 274 g/mol. The topological polar surface area (TPSA) is 39.8 Å². The smallest absolute Gasteiger partial charge is 0.170 e. The first-order valence-corrected chi connectivity index (χ1v) is 6.79. The van der Waals surface area contributed by atoms with Crippen molar-refractivity contribution in [1.82, 2.24) is 14.1 Å². The number of hydrogen-bond acceptors (Lipinski definition) is 2.